The van der Waals surface area contributed by atoms with Crippen LogP contribution < -0.4 is 26.0 Å². The minimum atomic E-state index is -2.42. The molecule has 2 aromatic carbocycles. The fraction of sp³-hybridized carbons (Fsp3) is 0.532. The van der Waals surface area contributed by atoms with E-state index in [-0.39, 0.29) is 53.6 Å². The lowest BCUT2D eigenvalue weighted by atomic mass is 9.72. The molecule has 382 valence electrons. The lowest BCUT2D eigenvalue weighted by Crippen LogP contribution is -2.58. The molecule has 0 bridgehead atoms. The molecule has 0 radical (unpaired) electrons. The normalized spacial score (nSPS) is 27.5. The van der Waals surface area contributed by atoms with Crippen LogP contribution in [0.15, 0.2) is 30.4 Å². The van der Waals surface area contributed by atoms with Crippen molar-refractivity contribution in [2.24, 2.45) is 5.92 Å². The third-order valence-corrected chi connectivity index (χ3v) is 13.6. The van der Waals surface area contributed by atoms with E-state index in [0.29, 0.717) is 18.1 Å². The lowest BCUT2D eigenvalue weighted by molar-refractivity contribution is -0.256. The average Bonchev–Trinajstić information content (AvgIpc) is 3.88. The van der Waals surface area contributed by atoms with Crippen molar-refractivity contribution >= 4 is 47.0 Å². The highest BCUT2D eigenvalue weighted by atomic mass is 16.7. The van der Waals surface area contributed by atoms with Crippen LogP contribution in [-0.2, 0) is 58.9 Å². The van der Waals surface area contributed by atoms with Crippen molar-refractivity contribution in [3.8, 4) is 17.2 Å². The molecule has 0 spiro atoms. The summed E-state index contributed by atoms with van der Waals surface area (Å²) in [6.45, 7) is 3.67. The van der Waals surface area contributed by atoms with Crippen LogP contribution in [0.4, 0.5) is 0 Å². The summed E-state index contributed by atoms with van der Waals surface area (Å²) < 4.78 is 35.8. The molecule has 0 unspecified atom stereocenters. The SMILES string of the molecule is COc1cccc2c1C(=O)c1c(O)c3c(c(O)c1C2=O)C[C@@](O)(C(=O)NCCNC(=O)[C@H](CO)NC(=O)[C@@H](NC(=O)CN1C(=O)C=CC1=O)C(C)C)C[C@@H]3O[C@@H]1C[C@H]2[C@H](O[C@@H]3[C@@H](OC)OCCN32)[C@H](C)O1. The van der Waals surface area contributed by atoms with E-state index in [4.69, 9.17) is 28.4 Å². The van der Waals surface area contributed by atoms with Crippen LogP contribution in [0, 0.1) is 5.92 Å². The number of nitrogens with one attached hydrogen (secondary N) is 4. The van der Waals surface area contributed by atoms with Crippen molar-refractivity contribution in [3.63, 3.8) is 0 Å². The Morgan fingerprint density at radius 2 is 1.62 bits per heavy atom. The van der Waals surface area contributed by atoms with Gasteiger partial charge in [-0.3, -0.25) is 48.2 Å². The number of benzene rings is 2. The van der Waals surface area contributed by atoms with Gasteiger partial charge in [0.05, 0.1) is 49.2 Å². The number of hydrogen-bond acceptors (Lipinski definition) is 19. The summed E-state index contributed by atoms with van der Waals surface area (Å²) in [5.74, 6) is -8.59. The fourth-order valence-electron chi connectivity index (χ4n) is 10.1. The minimum Gasteiger partial charge on any atom is -0.507 e. The Morgan fingerprint density at radius 3 is 2.30 bits per heavy atom. The first kappa shape index (κ1) is 51.0. The van der Waals surface area contributed by atoms with Crippen LogP contribution >= 0.6 is 0 Å². The number of rotatable bonds is 16. The number of nitrogens with zero attached hydrogens (tertiary/aromatic N) is 2. The molecule has 24 heteroatoms. The maximum atomic E-state index is 14.2. The average molecular weight is 993 g/mol. The lowest BCUT2D eigenvalue weighted by Gasteiger charge is -2.43. The summed E-state index contributed by atoms with van der Waals surface area (Å²) in [4.78, 5) is 108. The molecule has 8 N–H and O–H groups in total. The Labute approximate surface area is 405 Å². The number of phenolic OH excluding ortho intramolecular Hbond substituents is 2. The van der Waals surface area contributed by atoms with E-state index in [1.807, 2.05) is 0 Å². The summed E-state index contributed by atoms with van der Waals surface area (Å²) in [6, 6.07) is 1.27. The Morgan fingerprint density at radius 1 is 0.915 bits per heavy atom. The summed E-state index contributed by atoms with van der Waals surface area (Å²) in [6.07, 6.45) is -3.78. The second kappa shape index (κ2) is 20.4. The van der Waals surface area contributed by atoms with Crippen molar-refractivity contribution in [3.05, 3.63) is 63.7 Å². The number of hydrogen-bond donors (Lipinski definition) is 8. The molecular formula is C47H56N6O18. The number of ether oxygens (including phenoxy) is 6. The Kier molecular flexibility index (Phi) is 14.6. The van der Waals surface area contributed by atoms with Gasteiger partial charge in [0, 0.05) is 80.9 Å². The van der Waals surface area contributed by atoms with Crippen LogP contribution in [0.25, 0.3) is 0 Å². The number of carbonyl (C=O) groups is 8. The van der Waals surface area contributed by atoms with Crippen molar-refractivity contribution in [1.82, 2.24) is 31.1 Å². The number of imide groups is 1. The van der Waals surface area contributed by atoms with Gasteiger partial charge in [0.15, 0.2) is 24.6 Å². The van der Waals surface area contributed by atoms with Crippen LogP contribution in [-0.4, -0.2) is 186 Å². The highest BCUT2D eigenvalue weighted by molar-refractivity contribution is 6.31. The Hall–Kier alpha value is -6.38. The third-order valence-electron chi connectivity index (χ3n) is 13.6. The molecule has 2 aromatic rings. The van der Waals surface area contributed by atoms with Crippen molar-refractivity contribution in [2.75, 3.05) is 53.6 Å². The Bertz CT molecular complexity index is 2550. The summed E-state index contributed by atoms with van der Waals surface area (Å²) in [5, 5.41) is 56.2. The molecule has 6 aliphatic rings. The highest BCUT2D eigenvalue weighted by Gasteiger charge is 2.55. The van der Waals surface area contributed by atoms with Crippen LogP contribution in [0.1, 0.15) is 82.7 Å². The quantitative estimate of drug-likeness (QED) is 0.0434. The van der Waals surface area contributed by atoms with Gasteiger partial charge >= 0.3 is 0 Å². The second-order valence-corrected chi connectivity index (χ2v) is 18.4. The number of amides is 6. The first-order valence-electron chi connectivity index (χ1n) is 23.1. The van der Waals surface area contributed by atoms with Crippen molar-refractivity contribution in [2.45, 2.75) is 101 Å². The molecule has 4 aliphatic heterocycles. The predicted molar refractivity (Wildman–Crippen MR) is 239 cm³/mol. The molecule has 8 rings (SSSR count). The van der Waals surface area contributed by atoms with E-state index in [0.717, 1.165) is 12.2 Å². The smallest absolute Gasteiger partial charge is 0.254 e. The Balaban J connectivity index is 0.983. The highest BCUT2D eigenvalue weighted by Crippen LogP contribution is 2.53. The van der Waals surface area contributed by atoms with Gasteiger partial charge in [-0.1, -0.05) is 26.0 Å². The molecule has 4 heterocycles. The van der Waals surface area contributed by atoms with E-state index in [9.17, 15) is 58.8 Å². The molecule has 6 amide bonds. The zero-order valence-corrected chi connectivity index (χ0v) is 39.4. The largest absolute Gasteiger partial charge is 0.507 e. The maximum Gasteiger partial charge on any atom is 0.254 e. The molecule has 3 fully saturated rings. The molecule has 10 atom stereocenters. The zero-order chi connectivity index (χ0) is 51.2. The topological polar surface area (TPSA) is 327 Å². The summed E-state index contributed by atoms with van der Waals surface area (Å²) in [5.41, 5.74) is -4.12. The van der Waals surface area contributed by atoms with E-state index in [2.05, 4.69) is 26.2 Å². The van der Waals surface area contributed by atoms with Crippen LogP contribution in [0.2, 0.25) is 0 Å². The number of aromatic hydroxyl groups is 2. The number of aliphatic hydroxyl groups excluding tert-OH is 1. The van der Waals surface area contributed by atoms with Gasteiger partial charge < -0.3 is 70.1 Å². The predicted octanol–water partition coefficient (Wildman–Crippen LogP) is -2.07. The maximum absolute atomic E-state index is 14.2. The number of morpholine rings is 1. The van der Waals surface area contributed by atoms with E-state index >= 15 is 0 Å². The number of ketones is 2. The molecule has 71 heavy (non-hydrogen) atoms. The first-order valence-corrected chi connectivity index (χ1v) is 23.1. The third kappa shape index (κ3) is 9.48. The summed E-state index contributed by atoms with van der Waals surface area (Å²) >= 11 is 0. The zero-order valence-electron chi connectivity index (χ0n) is 39.4. The fourth-order valence-corrected chi connectivity index (χ4v) is 10.1. The van der Waals surface area contributed by atoms with E-state index in [1.54, 1.807) is 20.8 Å². The molecule has 0 aromatic heterocycles. The minimum absolute atomic E-state index is 0.0532. The van der Waals surface area contributed by atoms with E-state index < -0.39 is 156 Å². The van der Waals surface area contributed by atoms with E-state index in [1.165, 1.54) is 32.4 Å². The molecule has 24 nitrogen and oxygen atoms in total. The van der Waals surface area contributed by atoms with Crippen molar-refractivity contribution < 1.29 is 87.2 Å². The number of methoxy groups -OCH3 is 2. The van der Waals surface area contributed by atoms with Gasteiger partial charge in [0.2, 0.25) is 23.5 Å². The number of fused-ring (bicyclic) bond motifs is 6. The monoisotopic (exact) mass is 992 g/mol. The van der Waals surface area contributed by atoms with Gasteiger partial charge in [-0.2, -0.15) is 0 Å². The first-order chi connectivity index (χ1) is 33.8. The number of aliphatic hydroxyl groups is 2. The molecular weight excluding hydrogens is 937 g/mol. The van der Waals surface area contributed by atoms with Gasteiger partial charge in [-0.05, 0) is 18.9 Å². The second-order valence-electron chi connectivity index (χ2n) is 18.4. The van der Waals surface area contributed by atoms with Gasteiger partial charge in [-0.15, -0.1) is 0 Å². The van der Waals surface area contributed by atoms with Crippen LogP contribution in [0.5, 0.6) is 17.2 Å². The van der Waals surface area contributed by atoms with Gasteiger partial charge in [0.1, 0.15) is 47.6 Å². The number of phenols is 2. The van der Waals surface area contributed by atoms with Crippen molar-refractivity contribution in [1.29, 1.82) is 0 Å². The van der Waals surface area contributed by atoms with Gasteiger partial charge in [0.25, 0.3) is 17.7 Å². The van der Waals surface area contributed by atoms with Gasteiger partial charge in [-0.25, -0.2) is 0 Å². The molecule has 3 saturated heterocycles. The molecule has 0 saturated carbocycles. The standard InChI is InChI=1S/C47H56N6O18/c1-20(2)36(51-28(55)18-53-29(56)9-10-30(53)57)43(63)50-24(19-54)42(62)48-11-12-49-46(64)47(65)16-23-33(40(61)35-34(38(23)59)37(58)22-7-6-8-26(66-4)32(22)39(35)60)27(17-47)70-31-15-25-41(21(3)69-31)71-44-45(67-5)68-14-13-52(25)44/h6-10,20-21,24-25,27,31,36,41,44-45,54,59,61,65H,11-19H2,1-5H3,(H,48,62)(H,49,64)(H,50,63)(H,51,55)/t21-,24-,25-,27-,31+,36-,41+,44+,45-,47-/m0/s1. The van der Waals surface area contributed by atoms with Crippen LogP contribution in [0.3, 0.4) is 0 Å². The summed E-state index contributed by atoms with van der Waals surface area (Å²) in [7, 11) is 2.81. The number of carbonyl (C=O) groups excluding carboxylic acids is 8. The molecule has 2 aliphatic carbocycles.